The summed E-state index contributed by atoms with van der Waals surface area (Å²) in [5.41, 5.74) is -6.33. The molecule has 0 amide bonds. The molecule has 0 aliphatic heterocycles. The highest BCUT2D eigenvalue weighted by molar-refractivity contribution is 6.95. The van der Waals surface area contributed by atoms with Gasteiger partial charge in [-0.15, -0.1) is 0 Å². The summed E-state index contributed by atoms with van der Waals surface area (Å²) in [6.07, 6.45) is -11.9. The molecule has 2 rings (SSSR count). The fourth-order valence-electron chi connectivity index (χ4n) is 2.45. The second kappa shape index (κ2) is 6.15. The van der Waals surface area contributed by atoms with Crippen LogP contribution in [0.4, 0.5) is 26.3 Å². The summed E-state index contributed by atoms with van der Waals surface area (Å²) >= 11 is 0. The van der Waals surface area contributed by atoms with Gasteiger partial charge in [-0.2, -0.15) is 26.3 Å². The summed E-state index contributed by atoms with van der Waals surface area (Å²) in [5.74, 6) is 0. The Hall–Kier alpha value is -1.84. The van der Waals surface area contributed by atoms with E-state index in [0.717, 1.165) is 12.1 Å². The summed E-state index contributed by atoms with van der Waals surface area (Å²) in [6.45, 7) is 1.50. The molecule has 2 nitrogen and oxygen atoms in total. The lowest BCUT2D eigenvalue weighted by atomic mass is 9.92. The highest BCUT2D eigenvalue weighted by Crippen LogP contribution is 2.49. The summed E-state index contributed by atoms with van der Waals surface area (Å²) in [6, 6.07) is 11.3. The molecule has 9 heteroatoms. The number of benzene rings is 2. The zero-order valence-corrected chi connectivity index (χ0v) is 13.9. The van der Waals surface area contributed by atoms with Gasteiger partial charge in [0.1, 0.15) is 0 Å². The Labute approximate surface area is 140 Å². The molecule has 25 heavy (non-hydrogen) atoms. The maximum atomic E-state index is 12.9. The van der Waals surface area contributed by atoms with E-state index in [2.05, 4.69) is 0 Å². The lowest BCUT2D eigenvalue weighted by Crippen LogP contribution is -2.56. The third kappa shape index (κ3) is 3.31. The lowest BCUT2D eigenvalue weighted by Gasteiger charge is -2.33. The van der Waals surface area contributed by atoms with E-state index in [0.29, 0.717) is 17.3 Å². The Morgan fingerprint density at radius 3 is 1.52 bits per heavy atom. The average molecular weight is 380 g/mol. The first-order chi connectivity index (χ1) is 11.3. The van der Waals surface area contributed by atoms with Gasteiger partial charge in [-0.3, -0.25) is 0 Å². The first-order valence-electron chi connectivity index (χ1n) is 7.06. The zero-order valence-electron chi connectivity index (χ0n) is 12.9. The second-order valence-corrected chi connectivity index (χ2v) is 9.02. The Kier molecular flexibility index (Phi) is 4.79. The van der Waals surface area contributed by atoms with Crippen LogP contribution in [0.1, 0.15) is 5.56 Å². The molecule has 0 bridgehead atoms. The smallest absolute Gasteiger partial charge is 0.424 e. The van der Waals surface area contributed by atoms with Gasteiger partial charge < -0.3 is 9.90 Å². The molecule has 0 aromatic heterocycles. The molecule has 0 aliphatic carbocycles. The van der Waals surface area contributed by atoms with Crippen molar-refractivity contribution in [2.24, 2.45) is 0 Å². The fraction of sp³-hybridized carbons (Fsp3) is 0.250. The third-order valence-corrected chi connectivity index (χ3v) is 6.94. The van der Waals surface area contributed by atoms with Crippen LogP contribution in [0, 0.1) is 0 Å². The highest BCUT2D eigenvalue weighted by atomic mass is 28.4. The highest BCUT2D eigenvalue weighted by Gasteiger charge is 2.71. The molecule has 1 unspecified atom stereocenters. The van der Waals surface area contributed by atoms with E-state index in [1.807, 2.05) is 0 Å². The van der Waals surface area contributed by atoms with Crippen LogP contribution in [-0.4, -0.2) is 30.6 Å². The fourth-order valence-corrected chi connectivity index (χ4v) is 4.44. The van der Waals surface area contributed by atoms with Crippen molar-refractivity contribution in [3.8, 4) is 0 Å². The van der Waals surface area contributed by atoms with Gasteiger partial charge in [0.2, 0.25) is 8.32 Å². The first kappa shape index (κ1) is 19.5. The van der Waals surface area contributed by atoms with Crippen molar-refractivity contribution in [1.29, 1.82) is 0 Å². The van der Waals surface area contributed by atoms with Crippen molar-refractivity contribution >= 4 is 18.7 Å². The summed E-state index contributed by atoms with van der Waals surface area (Å²) in [5, 5.41) is 10.1. The molecule has 2 aromatic carbocycles. The Balaban J connectivity index is 2.49. The summed E-state index contributed by atoms with van der Waals surface area (Å²) in [4.78, 5) is 10.7. The Morgan fingerprint density at radius 1 is 0.720 bits per heavy atom. The largest absolute Gasteiger partial charge is 0.430 e. The monoisotopic (exact) mass is 380 g/mol. The van der Waals surface area contributed by atoms with Crippen LogP contribution in [0.3, 0.4) is 0 Å². The van der Waals surface area contributed by atoms with Gasteiger partial charge in [-0.1, -0.05) is 54.6 Å². The molecule has 0 heterocycles. The second-order valence-electron chi connectivity index (χ2n) is 5.72. The van der Waals surface area contributed by atoms with Gasteiger partial charge in [-0.25, -0.2) is 0 Å². The molecule has 0 fully saturated rings. The van der Waals surface area contributed by atoms with Gasteiger partial charge in [0.25, 0.3) is 5.60 Å². The molecule has 0 saturated heterocycles. The third-order valence-electron chi connectivity index (χ3n) is 4.02. The number of hydrogen-bond acceptors (Lipinski definition) is 2. The molecule has 0 radical (unpaired) electrons. The Morgan fingerprint density at radius 2 is 1.12 bits per heavy atom. The van der Waals surface area contributed by atoms with Gasteiger partial charge in [-0.05, 0) is 16.9 Å². The van der Waals surface area contributed by atoms with Gasteiger partial charge in [0, 0.05) is 5.56 Å². The first-order valence-corrected chi connectivity index (χ1v) is 9.51. The molecule has 1 atom stereocenters. The maximum Gasteiger partial charge on any atom is 0.430 e. The SMILES string of the molecule is C[Si](O)(c1ccccc1)c1ccc(C(O)(C(F)(F)F)C(F)(F)F)cc1. The number of rotatable bonds is 3. The minimum atomic E-state index is -5.94. The Bertz CT molecular complexity index is 709. The van der Waals surface area contributed by atoms with Crippen molar-refractivity contribution in [3.63, 3.8) is 0 Å². The predicted octanol–water partition coefficient (Wildman–Crippen LogP) is 2.68. The quantitative estimate of drug-likeness (QED) is 0.635. The van der Waals surface area contributed by atoms with Crippen molar-refractivity contribution < 1.29 is 36.2 Å². The van der Waals surface area contributed by atoms with Crippen molar-refractivity contribution in [2.45, 2.75) is 24.5 Å². The average Bonchev–Trinajstić information content (AvgIpc) is 2.53. The van der Waals surface area contributed by atoms with Crippen LogP contribution in [0.2, 0.25) is 6.55 Å². The maximum absolute atomic E-state index is 12.9. The zero-order chi connectivity index (χ0) is 19.1. The summed E-state index contributed by atoms with van der Waals surface area (Å²) in [7, 11) is -3.27. The van der Waals surface area contributed by atoms with Gasteiger partial charge >= 0.3 is 12.4 Å². The van der Waals surface area contributed by atoms with Crippen LogP contribution < -0.4 is 10.4 Å². The molecule has 0 saturated carbocycles. The number of halogens is 6. The molecule has 0 aliphatic rings. The molecular formula is C16H14F6O2Si. The van der Waals surface area contributed by atoms with E-state index >= 15 is 0 Å². The van der Waals surface area contributed by atoms with E-state index in [4.69, 9.17) is 0 Å². The topological polar surface area (TPSA) is 40.5 Å². The van der Waals surface area contributed by atoms with E-state index in [9.17, 15) is 36.2 Å². The number of hydrogen-bond donors (Lipinski definition) is 2. The molecule has 2 N–H and O–H groups in total. The van der Waals surface area contributed by atoms with E-state index < -0.39 is 31.8 Å². The summed E-state index contributed by atoms with van der Waals surface area (Å²) < 4.78 is 77.2. The van der Waals surface area contributed by atoms with Crippen molar-refractivity contribution in [1.82, 2.24) is 0 Å². The molecule has 136 valence electrons. The van der Waals surface area contributed by atoms with Gasteiger partial charge in [0.15, 0.2) is 0 Å². The molecule has 2 aromatic rings. The van der Waals surface area contributed by atoms with Crippen LogP contribution in [0.5, 0.6) is 0 Å². The predicted molar refractivity (Wildman–Crippen MR) is 82.0 cm³/mol. The number of aliphatic hydroxyl groups is 1. The minimum Gasteiger partial charge on any atom is -0.424 e. The van der Waals surface area contributed by atoms with Crippen molar-refractivity contribution in [3.05, 3.63) is 60.2 Å². The van der Waals surface area contributed by atoms with E-state index in [-0.39, 0.29) is 5.19 Å². The van der Waals surface area contributed by atoms with E-state index in [1.165, 1.54) is 6.55 Å². The van der Waals surface area contributed by atoms with E-state index in [1.54, 1.807) is 30.3 Å². The van der Waals surface area contributed by atoms with Crippen LogP contribution >= 0.6 is 0 Å². The minimum absolute atomic E-state index is 0.217. The standard InChI is InChI=1S/C16H14F6O2Si/c1-25(24,12-5-3-2-4-6-12)13-9-7-11(8-10-13)14(23,15(17,18)19)16(20,21)22/h2-10,23-24H,1H3. The van der Waals surface area contributed by atoms with Gasteiger partial charge in [0.05, 0.1) is 0 Å². The van der Waals surface area contributed by atoms with Crippen LogP contribution in [0.25, 0.3) is 0 Å². The van der Waals surface area contributed by atoms with Crippen LogP contribution in [-0.2, 0) is 5.60 Å². The van der Waals surface area contributed by atoms with Crippen LogP contribution in [0.15, 0.2) is 54.6 Å². The number of alkyl halides is 6. The normalized spacial score (nSPS) is 15.7. The molecular weight excluding hydrogens is 366 g/mol. The lowest BCUT2D eigenvalue weighted by molar-refractivity contribution is -0.376. The molecule has 0 spiro atoms. The van der Waals surface area contributed by atoms with Crippen molar-refractivity contribution in [2.75, 3.05) is 0 Å².